The van der Waals surface area contributed by atoms with Crippen molar-refractivity contribution in [2.24, 2.45) is 0 Å². The number of ether oxygens (including phenoxy) is 4. The maximum Gasteiger partial charge on any atom is 0.232 e. The first-order valence-electron chi connectivity index (χ1n) is 34.6. The van der Waals surface area contributed by atoms with Gasteiger partial charge >= 0.3 is 0 Å². The first kappa shape index (κ1) is 85.0. The third-order valence-corrected chi connectivity index (χ3v) is 21.0. The molecule has 0 aliphatic carbocycles. The van der Waals surface area contributed by atoms with Crippen LogP contribution in [0.3, 0.4) is 0 Å². The summed E-state index contributed by atoms with van der Waals surface area (Å²) in [6.45, 7) is 22.7. The number of nitrogens with one attached hydrogen (secondary N) is 5. The summed E-state index contributed by atoms with van der Waals surface area (Å²) in [6, 6.07) is 19.5. The molecular weight excluding hydrogens is 1470 g/mol. The fourth-order valence-corrected chi connectivity index (χ4v) is 13.5. The molecule has 0 saturated carbocycles. The number of nitrogen functional groups attached to an aromatic ring is 1. The summed E-state index contributed by atoms with van der Waals surface area (Å²) < 4.78 is 75.0. The third kappa shape index (κ3) is 26.6. The molecule has 4 aromatic carbocycles. The number of benzene rings is 4. The number of hydrogen-bond acceptors (Lipinski definition) is 22. The molecule has 4 aliphatic rings. The highest BCUT2D eigenvalue weighted by Gasteiger charge is 2.30. The Bertz CT molecular complexity index is 4860. The Balaban J connectivity index is 0.000000218. The van der Waals surface area contributed by atoms with Gasteiger partial charge in [-0.2, -0.15) is 9.97 Å². The number of rotatable bonds is 20. The quantitative estimate of drug-likeness (QED) is 0.0180. The lowest BCUT2D eigenvalue weighted by Gasteiger charge is -2.43. The van der Waals surface area contributed by atoms with Crippen molar-refractivity contribution in [1.82, 2.24) is 39.5 Å². The van der Waals surface area contributed by atoms with Crippen LogP contribution in [0.15, 0.2) is 73.1 Å². The Morgan fingerprint density at radius 2 is 0.907 bits per heavy atom. The van der Waals surface area contributed by atoms with Crippen LogP contribution in [0.4, 0.5) is 63.1 Å². The number of nitrogens with zero attached hydrogens (tertiary/aromatic N) is 10. The third-order valence-electron chi connectivity index (χ3n) is 17.7. The fourth-order valence-electron chi connectivity index (χ4n) is 11.7. The second-order valence-electron chi connectivity index (χ2n) is 24.8. The molecule has 0 radical (unpaired) electrons. The van der Waals surface area contributed by atoms with E-state index in [9.17, 15) is 16.8 Å². The van der Waals surface area contributed by atoms with Gasteiger partial charge in [0, 0.05) is 126 Å². The van der Waals surface area contributed by atoms with Crippen LogP contribution in [0, 0.1) is 109 Å². The van der Waals surface area contributed by atoms with Gasteiger partial charge in [-0.25, -0.2) is 32.7 Å². The van der Waals surface area contributed by atoms with Crippen LogP contribution in [0.1, 0.15) is 57.6 Å². The highest BCUT2D eigenvalue weighted by atomic mass is 35.5. The zero-order valence-corrected chi connectivity index (χ0v) is 66.5. The average Bonchev–Trinajstić information content (AvgIpc) is 0.816. The second-order valence-corrected chi connectivity index (χ2v) is 29.9. The van der Waals surface area contributed by atoms with Gasteiger partial charge in [-0.3, -0.25) is 25.2 Å². The van der Waals surface area contributed by atoms with Crippen LogP contribution in [-0.4, -0.2) is 201 Å². The summed E-state index contributed by atoms with van der Waals surface area (Å²) >= 11 is 18.2. The Morgan fingerprint density at radius 3 is 1.32 bits per heavy atom. The number of aryl methyl sites for hydroxylation is 2. The molecular formula is C79H90Cl3N16O8S2-. The van der Waals surface area contributed by atoms with E-state index in [1.165, 1.54) is 83.8 Å². The topological polar surface area (TPSA) is 262 Å². The van der Waals surface area contributed by atoms with Crippen molar-refractivity contribution < 1.29 is 35.8 Å². The summed E-state index contributed by atoms with van der Waals surface area (Å²) in [5.74, 6) is 39.5. The first-order valence-corrected chi connectivity index (χ1v) is 39.1. The molecule has 4 fully saturated rings. The van der Waals surface area contributed by atoms with Crippen LogP contribution in [0.2, 0.25) is 15.3 Å². The van der Waals surface area contributed by atoms with Crippen molar-refractivity contribution in [2.45, 2.75) is 72.4 Å². The molecule has 0 bridgehead atoms. The van der Waals surface area contributed by atoms with Crippen molar-refractivity contribution in [3.63, 3.8) is 0 Å². The number of likely N-dealkylation sites (N-methyl/N-ethyl adjacent to an activating group) is 2. The molecule has 24 nitrogen and oxygen atoms in total. The summed E-state index contributed by atoms with van der Waals surface area (Å²) in [4.78, 5) is 31.8. The largest absolute Gasteiger partial charge is 0.497 e. The number of piperazine rings is 2. The Hall–Kier alpha value is -10.3. The van der Waals surface area contributed by atoms with Crippen LogP contribution >= 0.6 is 34.8 Å². The molecule has 108 heavy (non-hydrogen) atoms. The Morgan fingerprint density at radius 1 is 0.500 bits per heavy atom. The number of hydrogen-bond donors (Lipinski definition) is 6. The zero-order chi connectivity index (χ0) is 78.2. The van der Waals surface area contributed by atoms with Gasteiger partial charge in [0.05, 0.1) is 86.5 Å². The molecule has 4 saturated heterocycles. The van der Waals surface area contributed by atoms with E-state index in [-0.39, 0.29) is 32.7 Å². The molecule has 29 heteroatoms. The lowest BCUT2D eigenvalue weighted by Crippen LogP contribution is -2.52. The molecule has 7 N–H and O–H groups in total. The summed E-state index contributed by atoms with van der Waals surface area (Å²) in [5.41, 5.74) is 13.7. The molecule has 10 rings (SSSR count). The normalized spacial score (nSPS) is 14.6. The molecule has 0 atom stereocenters. The number of nitrogens with two attached hydrogens (primary N) is 1. The average molecular weight is 1560 g/mol. The number of aromatic nitrogens is 4. The van der Waals surface area contributed by atoms with Gasteiger partial charge < -0.3 is 66.7 Å². The predicted molar refractivity (Wildman–Crippen MR) is 437 cm³/mol. The fraction of sp³-hybridized carbons (Fsp3) is 0.392. The van der Waals surface area contributed by atoms with Crippen molar-refractivity contribution in [1.29, 1.82) is 0 Å². The van der Waals surface area contributed by atoms with E-state index in [1.54, 1.807) is 64.5 Å². The van der Waals surface area contributed by atoms with Crippen LogP contribution in [0.5, 0.6) is 23.0 Å². The van der Waals surface area contributed by atoms with E-state index in [4.69, 9.17) is 65.9 Å². The summed E-state index contributed by atoms with van der Waals surface area (Å²) in [6.07, 6.45) is 14.1. The smallest absolute Gasteiger partial charge is 0.232 e. The summed E-state index contributed by atoms with van der Waals surface area (Å²) in [7, 11) is 3.74. The van der Waals surface area contributed by atoms with Crippen molar-refractivity contribution >= 4 is 118 Å². The van der Waals surface area contributed by atoms with Gasteiger partial charge in [-0.1, -0.05) is 29.1 Å². The van der Waals surface area contributed by atoms with Gasteiger partial charge in [0.15, 0.2) is 11.6 Å². The van der Waals surface area contributed by atoms with Gasteiger partial charge in [-0.05, 0) is 199 Å². The number of halogens is 3. The van der Waals surface area contributed by atoms with Crippen LogP contribution in [0.25, 0.3) is 0 Å². The molecule has 0 unspecified atom stereocenters. The molecule has 6 heterocycles. The first-order chi connectivity index (χ1) is 51.9. The van der Waals surface area contributed by atoms with Gasteiger partial charge in [0.25, 0.3) is 0 Å². The number of anilines is 11. The lowest BCUT2D eigenvalue weighted by molar-refractivity contribution is 0.0982. The lowest BCUT2D eigenvalue weighted by atomic mass is 10.0. The highest BCUT2D eigenvalue weighted by Crippen LogP contribution is 2.39. The molecule has 4 aliphatic heterocycles. The van der Waals surface area contributed by atoms with Gasteiger partial charge in [0.1, 0.15) is 33.0 Å². The monoisotopic (exact) mass is 1560 g/mol. The SMILES string of the molecule is CCS(=O)(=O)Nc1cc(OC)ccc1Nc1nc(Cl)ncc1Cl.CCS(=O)(=O)Nc1cc(OC)ccc1Nc1nc(Nc2cc(C)c(N3CCC(N4CCN(C)CC4)CC3)cc2OC)ncc1Cl.COc1cc(N2CCC(N3CCN(C)CC3)CC2)c(C)cc1N.[C-]#CC#CC#CC#CC#CC#CC#CC#CC. The van der Waals surface area contributed by atoms with Crippen LogP contribution < -0.4 is 59.9 Å². The van der Waals surface area contributed by atoms with Crippen molar-refractivity contribution in [2.75, 3.05) is 174 Å². The summed E-state index contributed by atoms with van der Waals surface area (Å²) in [5, 5.41) is 9.86. The number of piperidine rings is 2. The maximum atomic E-state index is 12.3. The van der Waals surface area contributed by atoms with E-state index in [0.29, 0.717) is 57.8 Å². The van der Waals surface area contributed by atoms with E-state index in [1.807, 2.05) is 18.1 Å². The van der Waals surface area contributed by atoms with Crippen molar-refractivity contribution in [3.8, 4) is 112 Å². The molecule has 6 aromatic rings. The number of sulfonamides is 2. The standard InChI is InChI=1S/C31H43ClN8O4S.C18H30N4O.C17H3.C13H14Cl2N4O3S/c1-6-45(41,42)37-26-18-23(43-4)7-8-25(26)34-30-24(32)20-33-31(36-30)35-27-17-21(2)28(19-29(27)44-5)40-11-9-22(10-12-40)39-15-13-38(3)14-16-39;1-14-12-16(19)18(23-3)13-17(14)22-6-4-15(5-7-22)21-10-8-20(2)9-11-21;1-3-5-7-9-11-13-15-17-16-14-12-10-8-6-4-2;1-3-23(20,21)19-11-6-8(22-2)4-5-10(11)17-12-9(14)7-16-13(15)18-12/h7-8,17-20,22,37H,6,9-16H2,1-5H3,(H2,33,34,35,36);12-13,15H,4-11,19H2,1-3H3;1H3;4-7,19H,3H2,1-2H3,(H,16,17,18)/q;;-1;. The number of methoxy groups -OCH3 is 4. The van der Waals surface area contributed by atoms with E-state index in [2.05, 4.69) is 198 Å². The van der Waals surface area contributed by atoms with E-state index >= 15 is 0 Å². The van der Waals surface area contributed by atoms with E-state index in [0.717, 1.165) is 99.6 Å². The molecule has 2 aromatic heterocycles. The van der Waals surface area contributed by atoms with Crippen LogP contribution in [-0.2, 0) is 20.0 Å². The van der Waals surface area contributed by atoms with Gasteiger partial charge in [0.2, 0.25) is 31.3 Å². The van der Waals surface area contributed by atoms with Gasteiger partial charge in [-0.15, -0.1) is 5.92 Å². The second kappa shape index (κ2) is 42.9. The minimum Gasteiger partial charge on any atom is -0.497 e. The molecule has 0 amide bonds. The minimum absolute atomic E-state index is 0.0149. The van der Waals surface area contributed by atoms with Crippen molar-refractivity contribution in [3.05, 3.63) is 106 Å². The highest BCUT2D eigenvalue weighted by molar-refractivity contribution is 7.92. The molecule has 0 spiro atoms. The minimum atomic E-state index is -3.55. The van der Waals surface area contributed by atoms with E-state index < -0.39 is 20.0 Å². The maximum absolute atomic E-state index is 12.3. The Kier molecular flexibility index (Phi) is 33.8. The molecule has 568 valence electrons. The zero-order valence-electron chi connectivity index (χ0n) is 62.6. The Labute approximate surface area is 652 Å². The predicted octanol–water partition coefficient (Wildman–Crippen LogP) is 10.6.